The fraction of sp³-hybridized carbons (Fsp3) is 0.176. The number of anilines is 1. The lowest BCUT2D eigenvalue weighted by atomic mass is 10.2. The molecule has 0 aliphatic rings. The number of ether oxygens (including phenoxy) is 1. The molecular formula is C17H20N2O4S. The molecule has 0 saturated heterocycles. The van der Waals surface area contributed by atoms with Gasteiger partial charge in [0.1, 0.15) is 10.6 Å². The number of aliphatic hydroxyl groups excluding tert-OH is 1. The van der Waals surface area contributed by atoms with Crippen LogP contribution in [0.15, 0.2) is 59.5 Å². The molecule has 0 saturated carbocycles. The van der Waals surface area contributed by atoms with Gasteiger partial charge in [-0.05, 0) is 36.8 Å². The number of sulfonamides is 1. The first kappa shape index (κ1) is 18.0. The number of allylic oxidation sites excluding steroid dienone is 1. The van der Waals surface area contributed by atoms with E-state index in [1.54, 1.807) is 30.3 Å². The smallest absolute Gasteiger partial charge is 0.241 e. The fourth-order valence-corrected chi connectivity index (χ4v) is 2.82. The summed E-state index contributed by atoms with van der Waals surface area (Å²) < 4.78 is 29.7. The van der Waals surface area contributed by atoms with Gasteiger partial charge in [-0.2, -0.15) is 0 Å². The highest BCUT2D eigenvalue weighted by molar-refractivity contribution is 7.89. The predicted octanol–water partition coefficient (Wildman–Crippen LogP) is 2.61. The molecule has 0 bridgehead atoms. The predicted molar refractivity (Wildman–Crippen MR) is 93.6 cm³/mol. The molecule has 24 heavy (non-hydrogen) atoms. The van der Waals surface area contributed by atoms with Gasteiger partial charge in [0.05, 0.1) is 12.3 Å². The molecule has 0 aliphatic heterocycles. The van der Waals surface area contributed by atoms with Crippen molar-refractivity contribution in [2.24, 2.45) is 5.14 Å². The summed E-state index contributed by atoms with van der Waals surface area (Å²) in [6.45, 7) is 2.04. The first-order chi connectivity index (χ1) is 11.5. The largest absolute Gasteiger partial charge is 0.454 e. The maximum atomic E-state index is 12.0. The highest BCUT2D eigenvalue weighted by Crippen LogP contribution is 2.37. The molecule has 6 nitrogen and oxygen atoms in total. The van der Waals surface area contributed by atoms with Gasteiger partial charge in [-0.1, -0.05) is 30.4 Å². The Labute approximate surface area is 141 Å². The van der Waals surface area contributed by atoms with Crippen LogP contribution in [0.2, 0.25) is 0 Å². The Balaban J connectivity index is 2.57. The number of primary sulfonamides is 1. The molecule has 0 unspecified atom stereocenters. The normalized spacial score (nSPS) is 11.6. The number of rotatable bonds is 7. The van der Waals surface area contributed by atoms with Gasteiger partial charge in [-0.3, -0.25) is 0 Å². The van der Waals surface area contributed by atoms with Gasteiger partial charge >= 0.3 is 0 Å². The number of hydrogen-bond acceptors (Lipinski definition) is 5. The minimum atomic E-state index is -4.03. The molecule has 2 rings (SSSR count). The van der Waals surface area contributed by atoms with E-state index in [9.17, 15) is 13.5 Å². The summed E-state index contributed by atoms with van der Waals surface area (Å²) in [6, 6.07) is 11.8. The summed E-state index contributed by atoms with van der Waals surface area (Å²) in [5.41, 5.74) is 0.856. The van der Waals surface area contributed by atoms with E-state index in [1.165, 1.54) is 6.07 Å². The Morgan fingerprint density at radius 3 is 2.54 bits per heavy atom. The average Bonchev–Trinajstić information content (AvgIpc) is 2.56. The third-order valence-electron chi connectivity index (χ3n) is 3.21. The molecule has 0 amide bonds. The fourth-order valence-electron chi connectivity index (χ4n) is 2.09. The van der Waals surface area contributed by atoms with E-state index >= 15 is 0 Å². The van der Waals surface area contributed by atoms with Gasteiger partial charge in [-0.25, -0.2) is 13.6 Å². The van der Waals surface area contributed by atoms with E-state index in [4.69, 9.17) is 9.88 Å². The van der Waals surface area contributed by atoms with E-state index in [2.05, 4.69) is 5.32 Å². The van der Waals surface area contributed by atoms with Gasteiger partial charge in [0.15, 0.2) is 5.75 Å². The first-order valence-corrected chi connectivity index (χ1v) is 8.89. The minimum Gasteiger partial charge on any atom is -0.454 e. The van der Waals surface area contributed by atoms with Gasteiger partial charge in [-0.15, -0.1) is 0 Å². The molecule has 128 valence electrons. The van der Waals surface area contributed by atoms with Crippen LogP contribution in [0.5, 0.6) is 11.5 Å². The average molecular weight is 348 g/mol. The topological polar surface area (TPSA) is 102 Å². The van der Waals surface area contributed by atoms with Crippen LogP contribution in [0, 0.1) is 0 Å². The van der Waals surface area contributed by atoms with Crippen molar-refractivity contribution in [2.75, 3.05) is 11.9 Å². The van der Waals surface area contributed by atoms with E-state index < -0.39 is 10.0 Å². The second-order valence-electron chi connectivity index (χ2n) is 5.04. The number of nitrogens with one attached hydrogen (secondary N) is 1. The van der Waals surface area contributed by atoms with Crippen molar-refractivity contribution < 1.29 is 18.3 Å². The summed E-state index contributed by atoms with van der Waals surface area (Å²) in [6.07, 6.45) is 3.73. The Morgan fingerprint density at radius 2 is 1.96 bits per heavy atom. The van der Waals surface area contributed by atoms with Crippen molar-refractivity contribution in [3.8, 4) is 11.5 Å². The molecule has 7 heteroatoms. The zero-order chi connectivity index (χ0) is 17.6. The van der Waals surface area contributed by atoms with Crippen LogP contribution < -0.4 is 15.2 Å². The van der Waals surface area contributed by atoms with Crippen LogP contribution in [0.4, 0.5) is 5.69 Å². The van der Waals surface area contributed by atoms with Crippen molar-refractivity contribution in [3.05, 3.63) is 60.2 Å². The standard InChI is InChI=1S/C17H20N2O4S/c1-2-3-9-19-15-10-13(12-20)11-16(24(18,21)22)17(15)23-14-7-5-4-6-8-14/h2-8,10-11,19-20H,9,12H2,1H3,(H2,18,21,22). The Bertz CT molecular complexity index is 818. The molecule has 0 atom stereocenters. The van der Waals surface area contributed by atoms with Crippen molar-refractivity contribution in [1.29, 1.82) is 0 Å². The Kier molecular flexibility index (Phi) is 5.97. The van der Waals surface area contributed by atoms with Crippen LogP contribution in [0.1, 0.15) is 12.5 Å². The molecular weight excluding hydrogens is 328 g/mol. The van der Waals surface area contributed by atoms with Crippen molar-refractivity contribution in [3.63, 3.8) is 0 Å². The summed E-state index contributed by atoms with van der Waals surface area (Å²) >= 11 is 0. The summed E-state index contributed by atoms with van der Waals surface area (Å²) in [7, 11) is -4.03. The first-order valence-electron chi connectivity index (χ1n) is 7.34. The molecule has 2 aromatic rings. The third-order valence-corrected chi connectivity index (χ3v) is 4.13. The minimum absolute atomic E-state index is 0.102. The lowest BCUT2D eigenvalue weighted by Crippen LogP contribution is -2.15. The van der Waals surface area contributed by atoms with Gasteiger partial charge in [0.2, 0.25) is 10.0 Å². The van der Waals surface area contributed by atoms with E-state index in [0.29, 0.717) is 23.5 Å². The number of hydrogen-bond donors (Lipinski definition) is 3. The van der Waals surface area contributed by atoms with Crippen molar-refractivity contribution >= 4 is 15.7 Å². The lowest BCUT2D eigenvalue weighted by molar-refractivity contribution is 0.281. The molecule has 0 aliphatic carbocycles. The quantitative estimate of drug-likeness (QED) is 0.668. The summed E-state index contributed by atoms with van der Waals surface area (Å²) in [5.74, 6) is 0.582. The summed E-state index contributed by atoms with van der Waals surface area (Å²) in [5, 5.41) is 17.8. The van der Waals surface area contributed by atoms with Crippen LogP contribution in [0.3, 0.4) is 0 Å². The van der Waals surface area contributed by atoms with Crippen LogP contribution in [-0.4, -0.2) is 20.1 Å². The third kappa shape index (κ3) is 4.58. The molecule has 2 aromatic carbocycles. The second-order valence-corrected chi connectivity index (χ2v) is 6.57. The van der Waals surface area contributed by atoms with E-state index in [-0.39, 0.29) is 17.3 Å². The Hall–Kier alpha value is -2.35. The number of para-hydroxylation sites is 1. The molecule has 0 heterocycles. The van der Waals surface area contributed by atoms with Crippen molar-refractivity contribution in [1.82, 2.24) is 0 Å². The van der Waals surface area contributed by atoms with Gasteiger partial charge in [0.25, 0.3) is 0 Å². The monoisotopic (exact) mass is 348 g/mol. The Morgan fingerprint density at radius 1 is 1.25 bits per heavy atom. The maximum Gasteiger partial charge on any atom is 0.241 e. The number of aliphatic hydroxyl groups is 1. The van der Waals surface area contributed by atoms with E-state index in [1.807, 2.05) is 25.1 Å². The highest BCUT2D eigenvalue weighted by atomic mass is 32.2. The second kappa shape index (κ2) is 7.96. The highest BCUT2D eigenvalue weighted by Gasteiger charge is 2.21. The van der Waals surface area contributed by atoms with Crippen molar-refractivity contribution in [2.45, 2.75) is 18.4 Å². The zero-order valence-electron chi connectivity index (χ0n) is 13.3. The molecule has 0 aromatic heterocycles. The van der Waals surface area contributed by atoms with E-state index in [0.717, 1.165) is 0 Å². The van der Waals surface area contributed by atoms with Gasteiger partial charge in [0, 0.05) is 6.54 Å². The maximum absolute atomic E-state index is 12.0. The number of benzene rings is 2. The van der Waals surface area contributed by atoms with Crippen LogP contribution >= 0.6 is 0 Å². The molecule has 0 radical (unpaired) electrons. The molecule has 0 spiro atoms. The molecule has 4 N–H and O–H groups in total. The lowest BCUT2D eigenvalue weighted by Gasteiger charge is -2.17. The molecule has 0 fully saturated rings. The van der Waals surface area contributed by atoms with Crippen LogP contribution in [0.25, 0.3) is 0 Å². The summed E-state index contributed by atoms with van der Waals surface area (Å²) in [4.78, 5) is -0.180. The zero-order valence-corrected chi connectivity index (χ0v) is 14.1. The van der Waals surface area contributed by atoms with Gasteiger partial charge < -0.3 is 15.2 Å². The number of nitrogens with two attached hydrogens (primary N) is 1. The SMILES string of the molecule is CC=CCNc1cc(CO)cc(S(N)(=O)=O)c1Oc1ccccc1. The van der Waals surface area contributed by atoms with Crippen LogP contribution in [-0.2, 0) is 16.6 Å².